The van der Waals surface area contributed by atoms with Crippen LogP contribution in [0.4, 0.5) is 11.4 Å². The van der Waals surface area contributed by atoms with E-state index in [2.05, 4.69) is 4.90 Å². The summed E-state index contributed by atoms with van der Waals surface area (Å²) in [6, 6.07) is 5.93. The molecule has 0 N–H and O–H groups in total. The van der Waals surface area contributed by atoms with Crippen LogP contribution in [0.1, 0.15) is 44.1 Å². The minimum Gasteiger partial charge on any atom is -0.363 e. The third kappa shape index (κ3) is 2.86. The van der Waals surface area contributed by atoms with E-state index in [1.54, 1.807) is 6.07 Å². The fraction of sp³-hybridized carbons (Fsp3) is 0.625. The zero-order valence-electron chi connectivity index (χ0n) is 12.1. The predicted octanol–water partition coefficient (Wildman–Crippen LogP) is 4.49. The fourth-order valence-electron chi connectivity index (χ4n) is 3.97. The van der Waals surface area contributed by atoms with Gasteiger partial charge in [0.25, 0.3) is 5.69 Å². The predicted molar refractivity (Wildman–Crippen MR) is 85.0 cm³/mol. The van der Waals surface area contributed by atoms with Crippen LogP contribution in [-0.4, -0.2) is 17.5 Å². The number of fused-ring (bicyclic) bond motifs is 1. The molecule has 0 radical (unpaired) electrons. The summed E-state index contributed by atoms with van der Waals surface area (Å²) < 4.78 is 0. The standard InChI is InChI=1S/C16H21ClN2O2/c17-11-12-7-8-15(16(10-12)19(20)21)18-9-3-5-13-4-1-2-6-14(13)18/h7-8,10,13-14H,1-6,9,11H2/t13-,14-/m1/s1. The molecule has 1 aromatic rings. The Bertz CT molecular complexity index is 533. The first-order valence-corrected chi connectivity index (χ1v) is 8.34. The highest BCUT2D eigenvalue weighted by atomic mass is 35.5. The minimum atomic E-state index is -0.266. The van der Waals surface area contributed by atoms with Crippen LogP contribution in [0, 0.1) is 16.0 Å². The van der Waals surface area contributed by atoms with Crippen molar-refractivity contribution in [2.75, 3.05) is 11.4 Å². The number of benzene rings is 1. The van der Waals surface area contributed by atoms with Crippen molar-refractivity contribution >= 4 is 23.0 Å². The minimum absolute atomic E-state index is 0.208. The van der Waals surface area contributed by atoms with Crippen molar-refractivity contribution in [3.05, 3.63) is 33.9 Å². The van der Waals surface area contributed by atoms with Crippen molar-refractivity contribution in [1.82, 2.24) is 0 Å². The molecule has 114 valence electrons. The Kier molecular flexibility index (Phi) is 4.34. The molecule has 0 amide bonds. The van der Waals surface area contributed by atoms with Crippen molar-refractivity contribution in [3.63, 3.8) is 0 Å². The monoisotopic (exact) mass is 308 g/mol. The highest BCUT2D eigenvalue weighted by molar-refractivity contribution is 6.17. The summed E-state index contributed by atoms with van der Waals surface area (Å²) in [6.07, 6.45) is 7.39. The third-order valence-electron chi connectivity index (χ3n) is 4.94. The average molecular weight is 309 g/mol. The number of halogens is 1. The lowest BCUT2D eigenvalue weighted by atomic mass is 9.78. The van der Waals surface area contributed by atoms with Gasteiger partial charge in [0.05, 0.1) is 4.92 Å². The van der Waals surface area contributed by atoms with Gasteiger partial charge >= 0.3 is 0 Å². The Morgan fingerprint density at radius 1 is 1.24 bits per heavy atom. The maximum absolute atomic E-state index is 11.4. The van der Waals surface area contributed by atoms with Crippen LogP contribution in [0.3, 0.4) is 0 Å². The van der Waals surface area contributed by atoms with Crippen LogP contribution in [0.5, 0.6) is 0 Å². The van der Waals surface area contributed by atoms with Gasteiger partial charge in [-0.15, -0.1) is 11.6 Å². The molecule has 5 heteroatoms. The van der Waals surface area contributed by atoms with Gasteiger partial charge in [0.15, 0.2) is 0 Å². The molecule has 1 aliphatic carbocycles. The zero-order valence-corrected chi connectivity index (χ0v) is 12.9. The number of nitro benzene ring substituents is 1. The summed E-state index contributed by atoms with van der Waals surface area (Å²) in [4.78, 5) is 13.5. The van der Waals surface area contributed by atoms with Gasteiger partial charge in [0.2, 0.25) is 0 Å². The summed E-state index contributed by atoms with van der Waals surface area (Å²) in [5.74, 6) is 1.02. The van der Waals surface area contributed by atoms with Crippen molar-refractivity contribution in [2.24, 2.45) is 5.92 Å². The van der Waals surface area contributed by atoms with E-state index >= 15 is 0 Å². The Morgan fingerprint density at radius 2 is 2.00 bits per heavy atom. The van der Waals surface area contributed by atoms with Crippen LogP contribution in [-0.2, 0) is 5.88 Å². The summed E-state index contributed by atoms with van der Waals surface area (Å²) in [6.45, 7) is 0.933. The maximum Gasteiger partial charge on any atom is 0.292 e. The van der Waals surface area contributed by atoms with Crippen LogP contribution >= 0.6 is 11.6 Å². The molecule has 2 fully saturated rings. The molecule has 0 spiro atoms. The number of hydrogen-bond acceptors (Lipinski definition) is 3. The van der Waals surface area contributed by atoms with E-state index in [0.29, 0.717) is 17.8 Å². The summed E-state index contributed by atoms with van der Waals surface area (Å²) in [5.41, 5.74) is 1.80. The normalized spacial score (nSPS) is 25.5. The number of nitro groups is 1. The number of hydrogen-bond donors (Lipinski definition) is 0. The smallest absolute Gasteiger partial charge is 0.292 e. The first kappa shape index (κ1) is 14.6. The molecule has 1 saturated heterocycles. The quantitative estimate of drug-likeness (QED) is 0.469. The zero-order chi connectivity index (χ0) is 14.8. The van der Waals surface area contributed by atoms with Gasteiger partial charge in [-0.3, -0.25) is 10.1 Å². The second kappa shape index (κ2) is 6.22. The molecule has 4 nitrogen and oxygen atoms in total. The van der Waals surface area contributed by atoms with E-state index in [1.807, 2.05) is 12.1 Å². The van der Waals surface area contributed by atoms with Crippen molar-refractivity contribution in [2.45, 2.75) is 50.4 Å². The molecule has 0 unspecified atom stereocenters. The third-order valence-corrected chi connectivity index (χ3v) is 5.25. The first-order chi connectivity index (χ1) is 10.2. The highest BCUT2D eigenvalue weighted by Crippen LogP contribution is 2.41. The topological polar surface area (TPSA) is 46.4 Å². The number of rotatable bonds is 3. The molecule has 3 rings (SSSR count). The Morgan fingerprint density at radius 3 is 2.76 bits per heavy atom. The van der Waals surface area contributed by atoms with Gasteiger partial charge in [-0.2, -0.15) is 0 Å². The van der Waals surface area contributed by atoms with E-state index in [1.165, 1.54) is 32.1 Å². The lowest BCUT2D eigenvalue weighted by molar-refractivity contribution is -0.384. The van der Waals surface area contributed by atoms with Crippen molar-refractivity contribution < 1.29 is 4.92 Å². The maximum atomic E-state index is 11.4. The van der Waals surface area contributed by atoms with E-state index in [0.717, 1.165) is 24.2 Å². The van der Waals surface area contributed by atoms with E-state index in [4.69, 9.17) is 11.6 Å². The average Bonchev–Trinajstić information content (AvgIpc) is 2.53. The summed E-state index contributed by atoms with van der Waals surface area (Å²) in [7, 11) is 0. The van der Waals surface area contributed by atoms with E-state index < -0.39 is 0 Å². The lowest BCUT2D eigenvalue weighted by Crippen LogP contribution is -2.47. The van der Waals surface area contributed by atoms with Gasteiger partial charge in [-0.25, -0.2) is 0 Å². The van der Waals surface area contributed by atoms with Gasteiger partial charge in [0.1, 0.15) is 5.69 Å². The Labute approximate surface area is 130 Å². The van der Waals surface area contributed by atoms with Crippen LogP contribution < -0.4 is 4.90 Å². The second-order valence-electron chi connectivity index (χ2n) is 6.16. The molecular weight excluding hydrogens is 288 g/mol. The largest absolute Gasteiger partial charge is 0.363 e. The molecule has 1 aromatic carbocycles. The second-order valence-corrected chi connectivity index (χ2v) is 6.43. The summed E-state index contributed by atoms with van der Waals surface area (Å²) in [5, 5.41) is 11.4. The molecule has 0 bridgehead atoms. The van der Waals surface area contributed by atoms with Gasteiger partial charge < -0.3 is 4.90 Å². The molecule has 2 atom stereocenters. The highest BCUT2D eigenvalue weighted by Gasteiger charge is 2.35. The van der Waals surface area contributed by atoms with Gasteiger partial charge in [0, 0.05) is 24.5 Å². The number of nitrogens with zero attached hydrogens (tertiary/aromatic N) is 2. The Balaban J connectivity index is 1.96. The van der Waals surface area contributed by atoms with Gasteiger partial charge in [-0.05, 0) is 43.2 Å². The van der Waals surface area contributed by atoms with Crippen LogP contribution in [0.25, 0.3) is 0 Å². The summed E-state index contributed by atoms with van der Waals surface area (Å²) >= 11 is 5.82. The molecule has 2 aliphatic rings. The first-order valence-electron chi connectivity index (χ1n) is 7.80. The molecule has 21 heavy (non-hydrogen) atoms. The molecule has 1 saturated carbocycles. The van der Waals surface area contributed by atoms with Gasteiger partial charge in [-0.1, -0.05) is 18.9 Å². The number of anilines is 1. The molecule has 1 heterocycles. The molecule has 1 aliphatic heterocycles. The van der Waals surface area contributed by atoms with E-state index in [9.17, 15) is 10.1 Å². The SMILES string of the molecule is O=[N+]([O-])c1cc(CCl)ccc1N1CCC[C@H]2CCCC[C@H]21. The van der Waals surface area contributed by atoms with Crippen molar-refractivity contribution in [3.8, 4) is 0 Å². The lowest BCUT2D eigenvalue weighted by Gasteiger charge is -2.45. The fourth-order valence-corrected chi connectivity index (χ4v) is 4.13. The number of piperidine rings is 1. The van der Waals surface area contributed by atoms with Crippen LogP contribution in [0.2, 0.25) is 0 Å². The van der Waals surface area contributed by atoms with Crippen molar-refractivity contribution in [1.29, 1.82) is 0 Å². The molecule has 0 aromatic heterocycles. The Hall–Kier alpha value is -1.29. The molecular formula is C16H21ClN2O2. The number of alkyl halides is 1. The van der Waals surface area contributed by atoms with Crippen LogP contribution in [0.15, 0.2) is 18.2 Å². The van der Waals surface area contributed by atoms with E-state index in [-0.39, 0.29) is 10.6 Å².